The zero-order valence-corrected chi connectivity index (χ0v) is 3.29. The first kappa shape index (κ1) is 3.47. The van der Waals surface area contributed by atoms with E-state index in [0.717, 1.165) is 0 Å². The second-order valence-electron chi connectivity index (χ2n) is 0.986. The molecule has 1 heterocycles. The van der Waals surface area contributed by atoms with Crippen LogP contribution in [0, 0.1) is 6.61 Å². The molecular formula is C5H5O. The van der Waals surface area contributed by atoms with Gasteiger partial charge in [-0.25, -0.2) is 0 Å². The molecule has 1 aliphatic heterocycles. The van der Waals surface area contributed by atoms with Gasteiger partial charge in [-0.15, -0.1) is 0 Å². The summed E-state index contributed by atoms with van der Waals surface area (Å²) in [6, 6.07) is 0. The lowest BCUT2D eigenvalue weighted by molar-refractivity contribution is 0.354. The molecule has 6 heavy (non-hydrogen) atoms. The van der Waals surface area contributed by atoms with Gasteiger partial charge in [-0.1, -0.05) is 6.08 Å². The van der Waals surface area contributed by atoms with Crippen LogP contribution < -0.4 is 0 Å². The summed E-state index contributed by atoms with van der Waals surface area (Å²) in [6.45, 7) is 1.62. The van der Waals surface area contributed by atoms with Crippen LogP contribution in [-0.2, 0) is 4.74 Å². The SMILES string of the molecule is [CH]1C=CC=CO1. The molecule has 0 saturated heterocycles. The second-order valence-corrected chi connectivity index (χ2v) is 0.986. The molecule has 0 unspecified atom stereocenters. The van der Waals surface area contributed by atoms with Crippen molar-refractivity contribution in [2.45, 2.75) is 0 Å². The molecule has 0 fully saturated rings. The van der Waals surface area contributed by atoms with E-state index < -0.39 is 0 Å². The fraction of sp³-hybridized carbons (Fsp3) is 0. The summed E-state index contributed by atoms with van der Waals surface area (Å²) in [7, 11) is 0. The third-order valence-corrected chi connectivity index (χ3v) is 0.536. The largest absolute Gasteiger partial charge is 0.490 e. The Morgan fingerprint density at radius 3 is 2.17 bits per heavy atom. The molecule has 0 saturated carbocycles. The van der Waals surface area contributed by atoms with Crippen LogP contribution in [-0.4, -0.2) is 0 Å². The summed E-state index contributed by atoms with van der Waals surface area (Å²) in [5.74, 6) is 0. The first-order valence-corrected chi connectivity index (χ1v) is 1.80. The minimum Gasteiger partial charge on any atom is -0.490 e. The summed E-state index contributed by atoms with van der Waals surface area (Å²) in [5.41, 5.74) is 0. The van der Waals surface area contributed by atoms with Crippen LogP contribution in [0.5, 0.6) is 0 Å². The third kappa shape index (κ3) is 0.612. The van der Waals surface area contributed by atoms with Crippen LogP contribution in [0.3, 0.4) is 0 Å². The molecule has 0 bridgehead atoms. The Hall–Kier alpha value is -0.720. The van der Waals surface area contributed by atoms with Gasteiger partial charge in [0.25, 0.3) is 0 Å². The van der Waals surface area contributed by atoms with Crippen molar-refractivity contribution in [2.75, 3.05) is 0 Å². The van der Waals surface area contributed by atoms with Gasteiger partial charge in [0.05, 0.1) is 6.26 Å². The third-order valence-electron chi connectivity index (χ3n) is 0.536. The molecule has 0 spiro atoms. The Bertz CT molecular complexity index is 69.9. The lowest BCUT2D eigenvalue weighted by Gasteiger charge is -1.93. The van der Waals surface area contributed by atoms with Crippen molar-refractivity contribution in [3.05, 3.63) is 31.1 Å². The van der Waals surface area contributed by atoms with E-state index in [4.69, 9.17) is 0 Å². The van der Waals surface area contributed by atoms with E-state index in [1.165, 1.54) is 0 Å². The molecule has 1 heteroatoms. The van der Waals surface area contributed by atoms with Crippen LogP contribution >= 0.6 is 0 Å². The van der Waals surface area contributed by atoms with Crippen LogP contribution in [0.4, 0.5) is 0 Å². The van der Waals surface area contributed by atoms with Crippen LogP contribution in [0.2, 0.25) is 0 Å². The van der Waals surface area contributed by atoms with Gasteiger partial charge in [-0.3, -0.25) is 0 Å². The smallest absolute Gasteiger partial charge is 0.157 e. The predicted molar refractivity (Wildman–Crippen MR) is 23.7 cm³/mol. The molecule has 0 aromatic carbocycles. The Kier molecular flexibility index (Phi) is 0.955. The van der Waals surface area contributed by atoms with E-state index in [-0.39, 0.29) is 0 Å². The summed E-state index contributed by atoms with van der Waals surface area (Å²) in [6.07, 6.45) is 7.20. The highest BCUT2D eigenvalue weighted by Gasteiger charge is 1.77. The average Bonchev–Trinajstić information content (AvgIpc) is 1.72. The molecule has 0 aliphatic carbocycles. The van der Waals surface area contributed by atoms with Gasteiger partial charge in [-0.2, -0.15) is 0 Å². The molecule has 1 radical (unpaired) electrons. The van der Waals surface area contributed by atoms with E-state index >= 15 is 0 Å². The van der Waals surface area contributed by atoms with Crippen molar-refractivity contribution < 1.29 is 4.74 Å². The van der Waals surface area contributed by atoms with Crippen molar-refractivity contribution >= 4 is 0 Å². The molecule has 31 valence electrons. The number of hydrogen-bond acceptors (Lipinski definition) is 1. The van der Waals surface area contributed by atoms with E-state index in [0.29, 0.717) is 0 Å². The summed E-state index contributed by atoms with van der Waals surface area (Å²) < 4.78 is 4.68. The maximum Gasteiger partial charge on any atom is 0.157 e. The van der Waals surface area contributed by atoms with Gasteiger partial charge in [0.2, 0.25) is 0 Å². The highest BCUT2D eigenvalue weighted by Crippen LogP contribution is 1.92. The first-order valence-electron chi connectivity index (χ1n) is 1.80. The Labute approximate surface area is 36.9 Å². The van der Waals surface area contributed by atoms with Gasteiger partial charge < -0.3 is 4.74 Å². The highest BCUT2D eigenvalue weighted by molar-refractivity contribution is 5.07. The van der Waals surface area contributed by atoms with E-state index in [1.54, 1.807) is 12.9 Å². The fourth-order valence-electron chi connectivity index (χ4n) is 0.291. The monoisotopic (exact) mass is 81.0 g/mol. The predicted octanol–water partition coefficient (Wildman–Crippen LogP) is 1.25. The van der Waals surface area contributed by atoms with Crippen molar-refractivity contribution in [1.29, 1.82) is 0 Å². The van der Waals surface area contributed by atoms with Crippen LogP contribution in [0.25, 0.3) is 0 Å². The summed E-state index contributed by atoms with van der Waals surface area (Å²) in [4.78, 5) is 0. The second kappa shape index (κ2) is 1.65. The van der Waals surface area contributed by atoms with Gasteiger partial charge in [0, 0.05) is 0 Å². The maximum atomic E-state index is 4.68. The molecule has 0 amide bonds. The topological polar surface area (TPSA) is 9.23 Å². The van der Waals surface area contributed by atoms with E-state index in [2.05, 4.69) is 4.74 Å². The number of allylic oxidation sites excluding steroid dienone is 2. The Balaban J connectivity index is 2.46. The maximum absolute atomic E-state index is 4.68. The first-order chi connectivity index (χ1) is 3.00. The Morgan fingerprint density at radius 2 is 2.00 bits per heavy atom. The number of rotatable bonds is 0. The van der Waals surface area contributed by atoms with E-state index in [1.807, 2.05) is 18.2 Å². The minimum absolute atomic E-state index is 1.62. The van der Waals surface area contributed by atoms with Crippen molar-refractivity contribution in [3.63, 3.8) is 0 Å². The lowest BCUT2D eigenvalue weighted by atomic mass is 10.5. The zero-order chi connectivity index (χ0) is 4.24. The lowest BCUT2D eigenvalue weighted by Crippen LogP contribution is -1.74. The number of ether oxygens (including phenoxy) is 1. The van der Waals surface area contributed by atoms with Gasteiger partial charge in [0.1, 0.15) is 0 Å². The minimum atomic E-state index is 1.62. The molecule has 1 aliphatic rings. The molecule has 1 rings (SSSR count). The van der Waals surface area contributed by atoms with Gasteiger partial charge in [-0.05, 0) is 12.2 Å². The van der Waals surface area contributed by atoms with Crippen molar-refractivity contribution in [2.24, 2.45) is 0 Å². The summed E-state index contributed by atoms with van der Waals surface area (Å²) in [5, 5.41) is 0. The van der Waals surface area contributed by atoms with Crippen molar-refractivity contribution in [3.8, 4) is 0 Å². The number of hydrogen-bond donors (Lipinski definition) is 0. The van der Waals surface area contributed by atoms with E-state index in [9.17, 15) is 0 Å². The molecule has 0 aromatic heterocycles. The normalized spacial score (nSPS) is 17.3. The molecular weight excluding hydrogens is 76.1 g/mol. The fourth-order valence-corrected chi connectivity index (χ4v) is 0.291. The highest BCUT2D eigenvalue weighted by atomic mass is 16.5. The zero-order valence-electron chi connectivity index (χ0n) is 3.29. The molecule has 0 aromatic rings. The Morgan fingerprint density at radius 1 is 1.00 bits per heavy atom. The molecule has 0 atom stereocenters. The van der Waals surface area contributed by atoms with Gasteiger partial charge >= 0.3 is 0 Å². The molecule has 1 nitrogen and oxygen atoms in total. The average molecular weight is 81.1 g/mol. The van der Waals surface area contributed by atoms with Crippen molar-refractivity contribution in [1.82, 2.24) is 0 Å². The van der Waals surface area contributed by atoms with Crippen LogP contribution in [0.1, 0.15) is 0 Å². The van der Waals surface area contributed by atoms with Gasteiger partial charge in [0.15, 0.2) is 6.61 Å². The standard InChI is InChI=1S/C5H5O/c1-2-4-6-5-3-1/h1-5H. The summed E-state index contributed by atoms with van der Waals surface area (Å²) >= 11 is 0. The quantitative estimate of drug-likeness (QED) is 0.426. The molecule has 0 N–H and O–H groups in total. The van der Waals surface area contributed by atoms with Crippen LogP contribution in [0.15, 0.2) is 24.5 Å².